The number of hydrogen-bond donors (Lipinski definition) is 4. The molecule has 5 rings (SSSR count). The minimum absolute atomic E-state index is 0.0402. The standard InChI is InChI=1S/C30H25F2N5O3/c1-17-8-24-26(14-27(17)38)37(16-35-24)15-28(39)36-25(11-18-9-21(31)13-22(32)10-18)29-23(6-3-7-34-29)19-4-2-5-20(12-19)30(33)40/h2-10,12-14,16,25H,11,15H2,1H3,(H4,33,36,38,39,40)/p+1/t25-/m0/s1. The van der Waals surface area contributed by atoms with Crippen LogP contribution >= 0.6 is 0 Å². The molecule has 0 unspecified atom stereocenters. The van der Waals surface area contributed by atoms with Crippen LogP contribution in [0.15, 0.2) is 79.3 Å². The number of phenols is 1. The maximum atomic E-state index is 14.1. The van der Waals surface area contributed by atoms with Gasteiger partial charge in [0.1, 0.15) is 17.4 Å². The monoisotopic (exact) mass is 542 g/mol. The first kappa shape index (κ1) is 26.5. The molecule has 0 spiro atoms. The van der Waals surface area contributed by atoms with E-state index < -0.39 is 29.5 Å². The Labute approximate surface area is 228 Å². The maximum absolute atomic E-state index is 14.1. The van der Waals surface area contributed by atoms with E-state index in [2.05, 4.69) is 15.3 Å². The number of carbonyl (C=O) groups is 2. The Morgan fingerprint density at radius 3 is 2.60 bits per heavy atom. The molecule has 5 aromatic rings. The predicted octanol–water partition coefficient (Wildman–Crippen LogP) is 4.01. The molecule has 0 aliphatic rings. The zero-order valence-electron chi connectivity index (χ0n) is 21.5. The zero-order valence-corrected chi connectivity index (χ0v) is 21.5. The van der Waals surface area contributed by atoms with Crippen LogP contribution in [0.3, 0.4) is 0 Å². The van der Waals surface area contributed by atoms with Gasteiger partial charge in [0.15, 0.2) is 17.6 Å². The largest absolute Gasteiger partial charge is 0.508 e. The summed E-state index contributed by atoms with van der Waals surface area (Å²) in [5.74, 6) is -2.36. The number of aryl methyl sites for hydroxylation is 1. The summed E-state index contributed by atoms with van der Waals surface area (Å²) < 4.78 is 29.8. The number of nitrogens with one attached hydrogen (secondary N) is 2. The van der Waals surface area contributed by atoms with Crippen molar-refractivity contribution in [3.05, 3.63) is 113 Å². The van der Waals surface area contributed by atoms with Crippen molar-refractivity contribution in [1.29, 1.82) is 0 Å². The summed E-state index contributed by atoms with van der Waals surface area (Å²) in [6.45, 7) is 1.67. The fourth-order valence-electron chi connectivity index (χ4n) is 4.74. The number of fused-ring (bicyclic) bond motifs is 1. The number of nitrogens with two attached hydrogens (primary N) is 1. The minimum Gasteiger partial charge on any atom is -0.508 e. The smallest absolute Gasteiger partial charge is 0.262 e. The maximum Gasteiger partial charge on any atom is 0.262 e. The molecule has 2 aromatic heterocycles. The first-order valence-corrected chi connectivity index (χ1v) is 12.5. The third-order valence-electron chi connectivity index (χ3n) is 6.64. The van der Waals surface area contributed by atoms with E-state index in [1.54, 1.807) is 72.5 Å². The highest BCUT2D eigenvalue weighted by Crippen LogP contribution is 2.30. The number of aromatic nitrogens is 3. The molecule has 0 fully saturated rings. The molecule has 10 heteroatoms. The van der Waals surface area contributed by atoms with Crippen molar-refractivity contribution < 1.29 is 28.0 Å². The fourth-order valence-corrected chi connectivity index (χ4v) is 4.74. The van der Waals surface area contributed by atoms with Crippen molar-refractivity contribution in [2.75, 3.05) is 0 Å². The molecule has 1 atom stereocenters. The van der Waals surface area contributed by atoms with Crippen molar-refractivity contribution in [3.8, 4) is 16.9 Å². The second-order valence-corrected chi connectivity index (χ2v) is 9.54. The number of carbonyl (C=O) groups excluding carboxylic acids is 2. The van der Waals surface area contributed by atoms with E-state index in [9.17, 15) is 23.5 Å². The number of hydrogen-bond acceptors (Lipinski definition) is 4. The Bertz CT molecular complexity index is 1730. The summed E-state index contributed by atoms with van der Waals surface area (Å²) >= 11 is 0. The second-order valence-electron chi connectivity index (χ2n) is 9.54. The summed E-state index contributed by atoms with van der Waals surface area (Å²) in [6, 6.07) is 15.9. The first-order valence-electron chi connectivity index (χ1n) is 12.5. The molecule has 8 nitrogen and oxygen atoms in total. The summed E-state index contributed by atoms with van der Waals surface area (Å²) in [5, 5.41) is 13.1. The Hall–Kier alpha value is -5.12. The number of halogens is 2. The quantitative estimate of drug-likeness (QED) is 0.221. The number of primary amides is 1. The number of benzene rings is 3. The molecule has 0 saturated heterocycles. The van der Waals surface area contributed by atoms with Gasteiger partial charge in [-0.2, -0.15) is 0 Å². The minimum atomic E-state index is -0.788. The van der Waals surface area contributed by atoms with Crippen LogP contribution in [0.5, 0.6) is 5.75 Å². The van der Waals surface area contributed by atoms with Crippen LogP contribution in [0.2, 0.25) is 0 Å². The Morgan fingerprint density at radius 2 is 1.85 bits per heavy atom. The van der Waals surface area contributed by atoms with Gasteiger partial charge in [-0.15, -0.1) is 0 Å². The van der Waals surface area contributed by atoms with Crippen LogP contribution in [-0.2, 0) is 17.8 Å². The van der Waals surface area contributed by atoms with E-state index in [4.69, 9.17) is 5.73 Å². The number of pyridine rings is 1. The fraction of sp³-hybridized carbons (Fsp3) is 0.133. The molecule has 0 aliphatic carbocycles. The number of imidazole rings is 1. The molecular formula is C30H26F2N5O3+. The number of aromatic hydroxyl groups is 1. The molecular weight excluding hydrogens is 516 g/mol. The molecule has 0 saturated carbocycles. The molecule has 2 heterocycles. The van der Waals surface area contributed by atoms with Crippen molar-refractivity contribution >= 4 is 22.8 Å². The van der Waals surface area contributed by atoms with Gasteiger partial charge in [-0.3, -0.25) is 14.6 Å². The molecule has 40 heavy (non-hydrogen) atoms. The molecule has 5 N–H and O–H groups in total. The Balaban J connectivity index is 1.51. The van der Waals surface area contributed by atoms with E-state index >= 15 is 0 Å². The lowest BCUT2D eigenvalue weighted by molar-refractivity contribution is -0.658. The lowest BCUT2D eigenvalue weighted by Crippen LogP contribution is -2.43. The molecule has 3 aromatic carbocycles. The van der Waals surface area contributed by atoms with Crippen LogP contribution < -0.4 is 15.6 Å². The lowest BCUT2D eigenvalue weighted by atomic mass is 9.94. The van der Waals surface area contributed by atoms with Gasteiger partial charge in [-0.1, -0.05) is 18.2 Å². The van der Waals surface area contributed by atoms with Gasteiger partial charge >= 0.3 is 0 Å². The van der Waals surface area contributed by atoms with Crippen LogP contribution in [0, 0.1) is 18.6 Å². The number of nitrogens with zero attached hydrogens (tertiary/aromatic N) is 2. The van der Waals surface area contributed by atoms with Crippen LogP contribution in [0.1, 0.15) is 33.2 Å². The number of amides is 2. The van der Waals surface area contributed by atoms with E-state index in [1.807, 2.05) is 0 Å². The van der Waals surface area contributed by atoms with E-state index in [0.717, 1.165) is 11.6 Å². The van der Waals surface area contributed by atoms with Gasteiger partial charge in [0.05, 0.1) is 11.7 Å². The Morgan fingerprint density at radius 1 is 1.07 bits per heavy atom. The number of phenolic OH excluding ortho intramolecular Hbond substituents is 1. The van der Waals surface area contributed by atoms with Gasteiger partial charge in [0, 0.05) is 29.5 Å². The van der Waals surface area contributed by atoms with Gasteiger partial charge < -0.3 is 16.2 Å². The van der Waals surface area contributed by atoms with Crippen molar-refractivity contribution in [1.82, 2.24) is 15.3 Å². The Kier molecular flexibility index (Phi) is 7.24. The van der Waals surface area contributed by atoms with Crippen LogP contribution in [0.25, 0.3) is 22.2 Å². The van der Waals surface area contributed by atoms with Crippen molar-refractivity contribution in [2.24, 2.45) is 5.73 Å². The molecule has 0 radical (unpaired) electrons. The highest BCUT2D eigenvalue weighted by Gasteiger charge is 2.24. The average Bonchev–Trinajstić information content (AvgIpc) is 3.28. The second kappa shape index (κ2) is 10.9. The third kappa shape index (κ3) is 5.65. The lowest BCUT2D eigenvalue weighted by Gasteiger charge is -2.21. The van der Waals surface area contributed by atoms with Gasteiger partial charge in [-0.05, 0) is 66.4 Å². The van der Waals surface area contributed by atoms with E-state index in [1.165, 1.54) is 12.1 Å². The van der Waals surface area contributed by atoms with Gasteiger partial charge in [0.25, 0.3) is 5.91 Å². The summed E-state index contributed by atoms with van der Waals surface area (Å²) in [5.41, 5.74) is 9.87. The molecule has 2 amide bonds. The molecule has 0 bridgehead atoms. The summed E-state index contributed by atoms with van der Waals surface area (Å²) in [6.07, 6.45) is 3.22. The molecule has 202 valence electrons. The van der Waals surface area contributed by atoms with Crippen LogP contribution in [0.4, 0.5) is 8.78 Å². The third-order valence-corrected chi connectivity index (χ3v) is 6.64. The summed E-state index contributed by atoms with van der Waals surface area (Å²) in [4.78, 5) is 32.8. The van der Waals surface area contributed by atoms with Gasteiger partial charge in [0.2, 0.25) is 12.2 Å². The van der Waals surface area contributed by atoms with Crippen molar-refractivity contribution in [3.63, 3.8) is 0 Å². The normalized spacial score (nSPS) is 11.9. The van der Waals surface area contributed by atoms with Crippen molar-refractivity contribution in [2.45, 2.75) is 25.9 Å². The highest BCUT2D eigenvalue weighted by molar-refractivity contribution is 5.94. The van der Waals surface area contributed by atoms with E-state index in [0.29, 0.717) is 39.0 Å². The summed E-state index contributed by atoms with van der Waals surface area (Å²) in [7, 11) is 0. The topological polar surface area (TPSA) is 125 Å². The number of H-pyrrole nitrogens is 1. The predicted molar refractivity (Wildman–Crippen MR) is 144 cm³/mol. The highest BCUT2D eigenvalue weighted by atomic mass is 19.1. The SMILES string of the molecule is Cc1cc2[nH]c[n+](CC(=O)N[C@@H](Cc3cc(F)cc(F)c3)c3ncccc3-c3cccc(C(N)=O)c3)c2cc1O. The number of rotatable bonds is 8. The van der Waals surface area contributed by atoms with Gasteiger partial charge in [-0.25, -0.2) is 18.3 Å². The van der Waals surface area contributed by atoms with Crippen LogP contribution in [-0.4, -0.2) is 26.9 Å². The number of aromatic amines is 1. The average molecular weight is 543 g/mol. The zero-order chi connectivity index (χ0) is 28.4. The first-order chi connectivity index (χ1) is 19.2. The molecule has 0 aliphatic heterocycles. The van der Waals surface area contributed by atoms with E-state index in [-0.39, 0.29) is 18.7 Å².